The Bertz CT molecular complexity index is 1210. The van der Waals surface area contributed by atoms with Gasteiger partial charge in [-0.1, -0.05) is 12.1 Å². The molecule has 1 aliphatic heterocycles. The second-order valence-electron chi connectivity index (χ2n) is 7.99. The zero-order valence-electron chi connectivity index (χ0n) is 18.6. The second kappa shape index (κ2) is 10.4. The fraction of sp³-hybridized carbons (Fsp3) is 0.292. The summed E-state index contributed by atoms with van der Waals surface area (Å²) in [6, 6.07) is 13.1. The summed E-state index contributed by atoms with van der Waals surface area (Å²) in [4.78, 5) is 25.7. The Morgan fingerprint density at radius 3 is 2.57 bits per heavy atom. The van der Waals surface area contributed by atoms with Crippen molar-refractivity contribution >= 4 is 23.2 Å². The summed E-state index contributed by atoms with van der Waals surface area (Å²) >= 11 is 0. The van der Waals surface area contributed by atoms with Crippen LogP contribution in [0.3, 0.4) is 0 Å². The molecule has 2 N–H and O–H groups in total. The molecule has 0 radical (unpaired) electrons. The molecule has 0 saturated carbocycles. The standard InChI is InChI=1S/C24H22F3N7O/c25-24(26,27)23-32-20(31-18-8-10-29-11-9-18)14-21(33-23)34-13-1-2-19(34)22(35)30-12-7-16-3-5-17(15-28)6-4-16/h3-6,8-11,14,19H,1-2,7,12-13H2,(H,30,35)(H,29,31,32,33)/t19-/m0/s1. The molecule has 1 aromatic carbocycles. The van der Waals surface area contributed by atoms with Gasteiger partial charge in [0.1, 0.15) is 17.7 Å². The van der Waals surface area contributed by atoms with Crippen LogP contribution in [0.1, 0.15) is 29.8 Å². The zero-order valence-corrected chi connectivity index (χ0v) is 18.6. The lowest BCUT2D eigenvalue weighted by Crippen LogP contribution is -2.44. The number of nitriles is 1. The van der Waals surface area contributed by atoms with E-state index in [2.05, 4.69) is 31.7 Å². The summed E-state index contributed by atoms with van der Waals surface area (Å²) in [7, 11) is 0. The van der Waals surface area contributed by atoms with Gasteiger partial charge in [0.15, 0.2) is 0 Å². The van der Waals surface area contributed by atoms with Gasteiger partial charge in [-0.25, -0.2) is 9.97 Å². The topological polar surface area (TPSA) is 107 Å². The smallest absolute Gasteiger partial charge is 0.354 e. The summed E-state index contributed by atoms with van der Waals surface area (Å²) in [5.74, 6) is -1.54. The summed E-state index contributed by atoms with van der Waals surface area (Å²) in [5, 5.41) is 14.6. The molecule has 0 aliphatic carbocycles. The molecule has 0 unspecified atom stereocenters. The minimum absolute atomic E-state index is 0.0274. The van der Waals surface area contributed by atoms with Crippen molar-refractivity contribution in [3.63, 3.8) is 0 Å². The van der Waals surface area contributed by atoms with E-state index in [1.807, 2.05) is 12.1 Å². The number of alkyl halides is 3. The van der Waals surface area contributed by atoms with Crippen molar-refractivity contribution < 1.29 is 18.0 Å². The minimum atomic E-state index is -4.75. The van der Waals surface area contributed by atoms with E-state index in [0.29, 0.717) is 43.6 Å². The van der Waals surface area contributed by atoms with Crippen molar-refractivity contribution in [3.8, 4) is 6.07 Å². The first kappa shape index (κ1) is 23.9. The Morgan fingerprint density at radius 1 is 1.14 bits per heavy atom. The van der Waals surface area contributed by atoms with Gasteiger partial charge in [-0.2, -0.15) is 18.4 Å². The first-order valence-corrected chi connectivity index (χ1v) is 11.0. The van der Waals surface area contributed by atoms with E-state index >= 15 is 0 Å². The average Bonchev–Trinajstić information content (AvgIpc) is 3.35. The van der Waals surface area contributed by atoms with Gasteiger partial charge >= 0.3 is 6.18 Å². The van der Waals surface area contributed by atoms with Crippen LogP contribution in [0.15, 0.2) is 54.9 Å². The molecule has 1 saturated heterocycles. The summed E-state index contributed by atoms with van der Waals surface area (Å²) in [6.45, 7) is 0.762. The number of carbonyl (C=O) groups is 1. The van der Waals surface area contributed by atoms with E-state index in [1.165, 1.54) is 18.5 Å². The Balaban J connectivity index is 1.48. The van der Waals surface area contributed by atoms with Gasteiger partial charge in [0, 0.05) is 37.2 Å². The largest absolute Gasteiger partial charge is 0.451 e. The normalized spacial score (nSPS) is 15.5. The molecule has 1 atom stereocenters. The third kappa shape index (κ3) is 6.03. The number of carbonyl (C=O) groups excluding carboxylic acids is 1. The van der Waals surface area contributed by atoms with Gasteiger partial charge in [-0.15, -0.1) is 0 Å². The minimum Gasteiger partial charge on any atom is -0.354 e. The van der Waals surface area contributed by atoms with E-state index in [-0.39, 0.29) is 17.5 Å². The number of pyridine rings is 1. The summed E-state index contributed by atoms with van der Waals surface area (Å²) in [6.07, 6.45) is -0.0197. The van der Waals surface area contributed by atoms with E-state index in [9.17, 15) is 18.0 Å². The van der Waals surface area contributed by atoms with Crippen molar-refractivity contribution in [1.82, 2.24) is 20.3 Å². The van der Waals surface area contributed by atoms with Gasteiger partial charge in [-0.3, -0.25) is 9.78 Å². The predicted octanol–water partition coefficient (Wildman–Crippen LogP) is 3.83. The van der Waals surface area contributed by atoms with Crippen molar-refractivity contribution in [1.29, 1.82) is 5.26 Å². The van der Waals surface area contributed by atoms with Crippen LogP contribution in [0.2, 0.25) is 0 Å². The monoisotopic (exact) mass is 481 g/mol. The van der Waals surface area contributed by atoms with Gasteiger partial charge < -0.3 is 15.5 Å². The molecule has 3 aromatic rings. The number of rotatable bonds is 7. The first-order valence-electron chi connectivity index (χ1n) is 11.0. The third-order valence-corrected chi connectivity index (χ3v) is 5.56. The number of nitrogens with zero attached hydrogens (tertiary/aromatic N) is 5. The predicted molar refractivity (Wildman–Crippen MR) is 123 cm³/mol. The summed E-state index contributed by atoms with van der Waals surface area (Å²) < 4.78 is 40.6. The van der Waals surface area contributed by atoms with E-state index in [0.717, 1.165) is 5.56 Å². The van der Waals surface area contributed by atoms with Crippen LogP contribution in [0.25, 0.3) is 0 Å². The molecule has 4 rings (SSSR count). The van der Waals surface area contributed by atoms with Crippen molar-refractivity contribution in [2.24, 2.45) is 0 Å². The van der Waals surface area contributed by atoms with Crippen LogP contribution < -0.4 is 15.5 Å². The highest BCUT2D eigenvalue weighted by molar-refractivity contribution is 5.85. The second-order valence-corrected chi connectivity index (χ2v) is 7.99. The molecular formula is C24H22F3N7O. The molecule has 1 amide bonds. The number of benzene rings is 1. The maximum absolute atomic E-state index is 13.5. The Morgan fingerprint density at radius 2 is 1.89 bits per heavy atom. The third-order valence-electron chi connectivity index (χ3n) is 5.56. The Hall–Kier alpha value is -4.20. The number of aromatic nitrogens is 3. The van der Waals surface area contributed by atoms with Crippen molar-refractivity contribution in [2.75, 3.05) is 23.3 Å². The maximum Gasteiger partial charge on any atom is 0.451 e. The lowest BCUT2D eigenvalue weighted by molar-refractivity contribution is -0.144. The van der Waals surface area contributed by atoms with Crippen LogP contribution in [0.4, 0.5) is 30.5 Å². The van der Waals surface area contributed by atoms with E-state index < -0.39 is 18.0 Å². The molecule has 11 heteroatoms. The molecule has 180 valence electrons. The average molecular weight is 481 g/mol. The molecule has 3 heterocycles. The van der Waals surface area contributed by atoms with Gasteiger partial charge in [0.05, 0.1) is 11.6 Å². The molecule has 2 aromatic heterocycles. The number of nitrogens with one attached hydrogen (secondary N) is 2. The van der Waals surface area contributed by atoms with E-state index in [4.69, 9.17) is 5.26 Å². The SMILES string of the molecule is N#Cc1ccc(CCNC(=O)[C@@H]2CCCN2c2cc(Nc3ccncc3)nc(C(F)(F)F)n2)cc1. The van der Waals surface area contributed by atoms with Crippen molar-refractivity contribution in [3.05, 3.63) is 71.8 Å². The maximum atomic E-state index is 13.5. The fourth-order valence-electron chi connectivity index (χ4n) is 3.86. The van der Waals surface area contributed by atoms with Crippen LogP contribution in [-0.4, -0.2) is 40.0 Å². The van der Waals surface area contributed by atoms with Crippen molar-refractivity contribution in [2.45, 2.75) is 31.5 Å². The first-order chi connectivity index (χ1) is 16.8. The lowest BCUT2D eigenvalue weighted by atomic mass is 10.1. The number of amides is 1. The molecule has 0 spiro atoms. The van der Waals surface area contributed by atoms with Gasteiger partial charge in [0.2, 0.25) is 11.7 Å². The molecule has 1 aliphatic rings. The molecular weight excluding hydrogens is 459 g/mol. The number of anilines is 3. The van der Waals surface area contributed by atoms with Crippen LogP contribution >= 0.6 is 0 Å². The Labute approximate surface area is 199 Å². The quantitative estimate of drug-likeness (QED) is 0.528. The summed E-state index contributed by atoms with van der Waals surface area (Å²) in [5.41, 5.74) is 2.04. The molecule has 1 fully saturated rings. The fourth-order valence-corrected chi connectivity index (χ4v) is 3.86. The highest BCUT2D eigenvalue weighted by Gasteiger charge is 2.38. The van der Waals surface area contributed by atoms with Crippen LogP contribution in [-0.2, 0) is 17.4 Å². The van der Waals surface area contributed by atoms with E-state index in [1.54, 1.807) is 29.2 Å². The number of hydrogen-bond acceptors (Lipinski definition) is 7. The Kier molecular flexibility index (Phi) is 7.10. The zero-order chi connectivity index (χ0) is 24.8. The van der Waals surface area contributed by atoms with Crippen LogP contribution in [0, 0.1) is 11.3 Å². The highest BCUT2D eigenvalue weighted by atomic mass is 19.4. The molecule has 0 bridgehead atoms. The highest BCUT2D eigenvalue weighted by Crippen LogP contribution is 2.32. The molecule has 35 heavy (non-hydrogen) atoms. The molecule has 8 nitrogen and oxygen atoms in total. The lowest BCUT2D eigenvalue weighted by Gasteiger charge is -2.26. The van der Waals surface area contributed by atoms with Crippen LogP contribution in [0.5, 0.6) is 0 Å². The van der Waals surface area contributed by atoms with Gasteiger partial charge in [0.25, 0.3) is 0 Å². The number of halogens is 3. The van der Waals surface area contributed by atoms with Gasteiger partial charge in [-0.05, 0) is 49.1 Å². The number of hydrogen-bond donors (Lipinski definition) is 2.